The average molecular weight is 316 g/mol. The van der Waals surface area contributed by atoms with E-state index in [1.165, 1.54) is 17.4 Å². The summed E-state index contributed by atoms with van der Waals surface area (Å²) in [6.07, 6.45) is 0. The van der Waals surface area contributed by atoms with E-state index in [2.05, 4.69) is 5.32 Å². The molecule has 0 radical (unpaired) electrons. The van der Waals surface area contributed by atoms with Crippen molar-refractivity contribution in [1.29, 1.82) is 0 Å². The molecule has 1 aromatic carbocycles. The fourth-order valence-electron chi connectivity index (χ4n) is 2.22. The Balaban J connectivity index is 2.06. The van der Waals surface area contributed by atoms with Gasteiger partial charge in [-0.15, -0.1) is 16.1 Å². The van der Waals surface area contributed by atoms with Gasteiger partial charge in [-0.3, -0.25) is 9.59 Å². The minimum Gasteiger partial charge on any atom is -0.492 e. The fraction of sp³-hybridized carbons (Fsp3) is 0.0667. The minimum atomic E-state index is -0.775. The summed E-state index contributed by atoms with van der Waals surface area (Å²) in [5, 5.41) is 24.6. The number of carbonyl (C=O) groups excluding carboxylic acids is 1. The van der Waals surface area contributed by atoms with Crippen LogP contribution >= 0.6 is 11.3 Å². The van der Waals surface area contributed by atoms with Gasteiger partial charge in [0.15, 0.2) is 0 Å². The minimum absolute atomic E-state index is 0.0857. The van der Waals surface area contributed by atoms with Crippen molar-refractivity contribution in [3.8, 4) is 5.88 Å². The molecular formula is C15H12N2O4S. The molecule has 0 aliphatic heterocycles. The number of thiophene rings is 1. The number of rotatable bonds is 3. The SMILES string of the molecule is O=C(NCc1cccs1)c1c(O)n(O)c(=O)c2ccccc12. The van der Waals surface area contributed by atoms with Gasteiger partial charge in [-0.2, -0.15) is 0 Å². The van der Waals surface area contributed by atoms with Crippen LogP contribution in [0.3, 0.4) is 0 Å². The van der Waals surface area contributed by atoms with Crippen LogP contribution in [0.25, 0.3) is 10.8 Å². The van der Waals surface area contributed by atoms with Gasteiger partial charge in [-0.1, -0.05) is 24.3 Å². The molecule has 0 aliphatic rings. The lowest BCUT2D eigenvalue weighted by Crippen LogP contribution is -2.27. The number of pyridine rings is 1. The Morgan fingerprint density at radius 3 is 2.59 bits per heavy atom. The molecule has 112 valence electrons. The van der Waals surface area contributed by atoms with Crippen molar-refractivity contribution in [2.45, 2.75) is 6.54 Å². The summed E-state index contributed by atoms with van der Waals surface area (Å²) in [5.41, 5.74) is -0.905. The molecular weight excluding hydrogens is 304 g/mol. The molecule has 6 nitrogen and oxygen atoms in total. The largest absolute Gasteiger partial charge is 0.492 e. The maximum Gasteiger partial charge on any atom is 0.294 e. The molecule has 0 atom stereocenters. The van der Waals surface area contributed by atoms with Gasteiger partial charge in [0.05, 0.1) is 11.9 Å². The molecule has 0 bridgehead atoms. The van der Waals surface area contributed by atoms with E-state index >= 15 is 0 Å². The van der Waals surface area contributed by atoms with Crippen LogP contribution in [-0.2, 0) is 6.54 Å². The normalized spacial score (nSPS) is 10.7. The first-order valence-corrected chi connectivity index (χ1v) is 7.34. The first-order chi connectivity index (χ1) is 10.6. The third-order valence-electron chi connectivity index (χ3n) is 3.27. The molecule has 0 saturated heterocycles. The molecule has 7 heteroatoms. The van der Waals surface area contributed by atoms with Crippen LogP contribution in [0.1, 0.15) is 15.2 Å². The number of fused-ring (bicyclic) bond motifs is 1. The summed E-state index contributed by atoms with van der Waals surface area (Å²) in [6, 6.07) is 10.0. The van der Waals surface area contributed by atoms with E-state index in [9.17, 15) is 19.9 Å². The summed E-state index contributed by atoms with van der Waals surface area (Å²) in [7, 11) is 0. The topological polar surface area (TPSA) is 91.6 Å². The zero-order chi connectivity index (χ0) is 15.7. The lowest BCUT2D eigenvalue weighted by molar-refractivity contribution is 0.0935. The summed E-state index contributed by atoms with van der Waals surface area (Å²) in [4.78, 5) is 25.2. The quantitative estimate of drug-likeness (QED) is 0.644. The van der Waals surface area contributed by atoms with Gasteiger partial charge < -0.3 is 15.6 Å². The third kappa shape index (κ3) is 2.31. The Hall–Kier alpha value is -2.80. The number of nitrogens with zero attached hydrogens (tertiary/aromatic N) is 1. The Labute approximate surface area is 128 Å². The first kappa shape index (κ1) is 14.2. The van der Waals surface area contributed by atoms with E-state index in [0.29, 0.717) is 11.9 Å². The predicted octanol–water partition coefficient (Wildman–Crippen LogP) is 1.94. The van der Waals surface area contributed by atoms with E-state index in [0.717, 1.165) is 4.88 Å². The van der Waals surface area contributed by atoms with E-state index in [-0.39, 0.29) is 15.7 Å². The Morgan fingerprint density at radius 1 is 1.18 bits per heavy atom. The molecule has 2 aromatic heterocycles. The number of nitrogens with one attached hydrogen (secondary N) is 1. The van der Waals surface area contributed by atoms with Crippen molar-refractivity contribution in [2.24, 2.45) is 0 Å². The summed E-state index contributed by atoms with van der Waals surface area (Å²) < 4.78 is 0.0857. The lowest BCUT2D eigenvalue weighted by atomic mass is 10.1. The number of aromatic hydroxyl groups is 1. The van der Waals surface area contributed by atoms with E-state index in [1.807, 2.05) is 17.5 Å². The molecule has 1 amide bonds. The van der Waals surface area contributed by atoms with Crippen LogP contribution in [-0.4, -0.2) is 21.0 Å². The summed E-state index contributed by atoms with van der Waals surface area (Å²) in [6.45, 7) is 0.300. The van der Waals surface area contributed by atoms with Crippen molar-refractivity contribution < 1.29 is 15.1 Å². The van der Waals surface area contributed by atoms with E-state index < -0.39 is 17.3 Å². The second-order valence-electron chi connectivity index (χ2n) is 4.62. The van der Waals surface area contributed by atoms with Gasteiger partial charge >= 0.3 is 0 Å². The van der Waals surface area contributed by atoms with Crippen molar-refractivity contribution >= 4 is 28.0 Å². The molecule has 22 heavy (non-hydrogen) atoms. The number of aromatic nitrogens is 1. The maximum atomic E-state index is 12.3. The Morgan fingerprint density at radius 2 is 1.91 bits per heavy atom. The van der Waals surface area contributed by atoms with Crippen LogP contribution < -0.4 is 10.9 Å². The fourth-order valence-corrected chi connectivity index (χ4v) is 2.86. The predicted molar refractivity (Wildman–Crippen MR) is 82.5 cm³/mol. The Kier molecular flexibility index (Phi) is 3.56. The van der Waals surface area contributed by atoms with Crippen molar-refractivity contribution in [2.75, 3.05) is 0 Å². The molecule has 0 saturated carbocycles. The van der Waals surface area contributed by atoms with Gasteiger partial charge in [0.1, 0.15) is 5.56 Å². The van der Waals surface area contributed by atoms with Gasteiger partial charge in [0.2, 0.25) is 5.88 Å². The highest BCUT2D eigenvalue weighted by molar-refractivity contribution is 7.09. The van der Waals surface area contributed by atoms with Crippen molar-refractivity contribution in [3.63, 3.8) is 0 Å². The number of benzene rings is 1. The van der Waals surface area contributed by atoms with Gasteiger partial charge in [-0.25, -0.2) is 0 Å². The monoisotopic (exact) mass is 316 g/mol. The summed E-state index contributed by atoms with van der Waals surface area (Å²) >= 11 is 1.49. The van der Waals surface area contributed by atoms with Crippen LogP contribution in [0.4, 0.5) is 0 Å². The van der Waals surface area contributed by atoms with Gasteiger partial charge in [0.25, 0.3) is 11.5 Å². The molecule has 3 rings (SSSR count). The number of amides is 1. The maximum absolute atomic E-state index is 12.3. The highest BCUT2D eigenvalue weighted by Crippen LogP contribution is 2.23. The van der Waals surface area contributed by atoms with Gasteiger partial charge in [0, 0.05) is 10.3 Å². The Bertz CT molecular complexity index is 900. The molecule has 0 unspecified atom stereocenters. The highest BCUT2D eigenvalue weighted by atomic mass is 32.1. The summed E-state index contributed by atoms with van der Waals surface area (Å²) in [5.74, 6) is -1.34. The number of carbonyl (C=O) groups is 1. The first-order valence-electron chi connectivity index (χ1n) is 6.46. The van der Waals surface area contributed by atoms with Crippen molar-refractivity contribution in [1.82, 2.24) is 10.0 Å². The molecule has 3 N–H and O–H groups in total. The molecule has 0 fully saturated rings. The van der Waals surface area contributed by atoms with E-state index in [4.69, 9.17) is 0 Å². The van der Waals surface area contributed by atoms with E-state index in [1.54, 1.807) is 18.2 Å². The molecule has 0 aliphatic carbocycles. The number of hydrogen-bond acceptors (Lipinski definition) is 5. The second-order valence-corrected chi connectivity index (χ2v) is 5.66. The van der Waals surface area contributed by atoms with Crippen LogP contribution in [0.2, 0.25) is 0 Å². The zero-order valence-electron chi connectivity index (χ0n) is 11.3. The second kappa shape index (κ2) is 5.53. The molecule has 2 heterocycles. The lowest BCUT2D eigenvalue weighted by Gasteiger charge is -2.11. The van der Waals surface area contributed by atoms with Crippen LogP contribution in [0.15, 0.2) is 46.6 Å². The van der Waals surface area contributed by atoms with Crippen LogP contribution in [0.5, 0.6) is 5.88 Å². The third-order valence-corrected chi connectivity index (χ3v) is 4.15. The number of hydrogen-bond donors (Lipinski definition) is 3. The standard InChI is InChI=1S/C15H12N2O4S/c18-13(16-8-9-4-3-7-22-9)12-10-5-1-2-6-11(10)14(19)17(21)15(12)20/h1-7,20-21H,8H2,(H,16,18). The highest BCUT2D eigenvalue weighted by Gasteiger charge is 2.21. The van der Waals surface area contributed by atoms with Crippen molar-refractivity contribution in [3.05, 3.63) is 62.6 Å². The molecule has 3 aromatic rings. The smallest absolute Gasteiger partial charge is 0.294 e. The van der Waals surface area contributed by atoms with Gasteiger partial charge in [-0.05, 0) is 17.5 Å². The zero-order valence-corrected chi connectivity index (χ0v) is 12.1. The average Bonchev–Trinajstić information content (AvgIpc) is 3.04. The molecule has 0 spiro atoms. The van der Waals surface area contributed by atoms with Crippen LogP contribution in [0, 0.1) is 0 Å².